The van der Waals surface area contributed by atoms with Crippen LogP contribution in [0.5, 0.6) is 0 Å². The molecule has 1 amide bonds. The van der Waals surface area contributed by atoms with Crippen molar-refractivity contribution in [3.8, 4) is 0 Å². The number of unbranched alkanes of at least 4 members (excludes halogenated alkanes) is 31. The first kappa shape index (κ1) is 70.7. The van der Waals surface area contributed by atoms with Gasteiger partial charge in [-0.25, -0.2) is 4.57 Å². The smallest absolute Gasteiger partial charge is 0.456 e. The normalized spacial score (nSPS) is 14.1. The van der Waals surface area contributed by atoms with Crippen molar-refractivity contribution < 1.29 is 37.3 Å². The van der Waals surface area contributed by atoms with Crippen LogP contribution >= 0.6 is 7.82 Å². The highest BCUT2D eigenvalue weighted by Gasteiger charge is 2.30. The number of hydrogen-bond acceptors (Lipinski definition) is 6. The van der Waals surface area contributed by atoms with Gasteiger partial charge < -0.3 is 19.4 Å². The number of quaternary nitrogens is 1. The maximum absolute atomic E-state index is 13.5. The number of amides is 1. The van der Waals surface area contributed by atoms with Crippen molar-refractivity contribution in [1.29, 1.82) is 0 Å². The van der Waals surface area contributed by atoms with Gasteiger partial charge in [-0.1, -0.05) is 242 Å². The van der Waals surface area contributed by atoms with Gasteiger partial charge in [0.05, 0.1) is 33.8 Å². The number of hydrogen-bond donors (Lipinski definition) is 2. The van der Waals surface area contributed by atoms with Gasteiger partial charge in [0.15, 0.2) is 0 Å². The second kappa shape index (κ2) is 53.1. The fourth-order valence-electron chi connectivity index (χ4n) is 8.67. The molecule has 73 heavy (non-hydrogen) atoms. The van der Waals surface area contributed by atoms with E-state index in [4.69, 9.17) is 13.8 Å². The van der Waals surface area contributed by atoms with Crippen molar-refractivity contribution in [1.82, 2.24) is 5.32 Å². The Kier molecular flexibility index (Phi) is 51.5. The van der Waals surface area contributed by atoms with Crippen molar-refractivity contribution in [3.05, 3.63) is 60.8 Å². The summed E-state index contributed by atoms with van der Waals surface area (Å²) in [6.45, 7) is 6.95. The van der Waals surface area contributed by atoms with Gasteiger partial charge in [-0.2, -0.15) is 0 Å². The molecule has 0 aromatic carbocycles. The first-order valence-corrected chi connectivity index (χ1v) is 32.1. The molecule has 0 rings (SSSR count). The number of allylic oxidation sites excluding steroid dienone is 9. The molecule has 10 heteroatoms. The Balaban J connectivity index is 5.29. The van der Waals surface area contributed by atoms with Gasteiger partial charge in [0.25, 0.3) is 0 Å². The molecular weight excluding hydrogens is 928 g/mol. The molecule has 426 valence electrons. The summed E-state index contributed by atoms with van der Waals surface area (Å²) in [5.74, 6) is -0.581. The summed E-state index contributed by atoms with van der Waals surface area (Å²) in [6, 6.07) is -0.879. The molecule has 3 atom stereocenters. The Morgan fingerprint density at radius 1 is 0.479 bits per heavy atom. The molecule has 0 bridgehead atoms. The molecule has 0 spiro atoms. The second-order valence-electron chi connectivity index (χ2n) is 21.9. The molecule has 0 saturated carbocycles. The van der Waals surface area contributed by atoms with E-state index in [1.807, 2.05) is 39.4 Å². The number of phosphoric acid groups is 1. The molecule has 2 N–H and O–H groups in total. The molecule has 0 aliphatic heterocycles. The van der Waals surface area contributed by atoms with Crippen LogP contribution in [-0.4, -0.2) is 74.3 Å². The Hall–Kier alpha value is -2.29. The number of rotatable bonds is 55. The second-order valence-corrected chi connectivity index (χ2v) is 23.3. The molecule has 0 heterocycles. The molecule has 0 aliphatic carbocycles. The van der Waals surface area contributed by atoms with Crippen LogP contribution in [0.25, 0.3) is 0 Å². The fraction of sp³-hybridized carbons (Fsp3) is 0.810. The fourth-order valence-corrected chi connectivity index (χ4v) is 9.40. The summed E-state index contributed by atoms with van der Waals surface area (Å²) in [5.41, 5.74) is 0. The lowest BCUT2D eigenvalue weighted by molar-refractivity contribution is -0.870. The monoisotopic (exact) mass is 1050 g/mol. The summed E-state index contributed by atoms with van der Waals surface area (Å²) < 4.78 is 30.6. The van der Waals surface area contributed by atoms with E-state index in [0.29, 0.717) is 17.4 Å². The van der Waals surface area contributed by atoms with Gasteiger partial charge in [-0.15, -0.1) is 0 Å². The third-order valence-corrected chi connectivity index (χ3v) is 14.4. The highest BCUT2D eigenvalue weighted by molar-refractivity contribution is 7.47. The van der Waals surface area contributed by atoms with E-state index >= 15 is 0 Å². The molecule has 0 aromatic heterocycles. The van der Waals surface area contributed by atoms with Crippen LogP contribution in [0.3, 0.4) is 0 Å². The highest BCUT2D eigenvalue weighted by Crippen LogP contribution is 2.43. The number of carbonyl (C=O) groups is 2. The Bertz CT molecular complexity index is 1440. The van der Waals surface area contributed by atoms with Gasteiger partial charge in [0.2, 0.25) is 5.91 Å². The van der Waals surface area contributed by atoms with Gasteiger partial charge in [0.1, 0.15) is 19.3 Å². The van der Waals surface area contributed by atoms with Crippen molar-refractivity contribution in [2.75, 3.05) is 40.9 Å². The van der Waals surface area contributed by atoms with Crippen LogP contribution in [0.2, 0.25) is 0 Å². The van der Waals surface area contributed by atoms with Gasteiger partial charge >= 0.3 is 13.8 Å². The van der Waals surface area contributed by atoms with Crippen molar-refractivity contribution in [3.63, 3.8) is 0 Å². The summed E-state index contributed by atoms with van der Waals surface area (Å²) in [6.07, 6.45) is 66.6. The first-order valence-electron chi connectivity index (χ1n) is 30.6. The third-order valence-electron chi connectivity index (χ3n) is 13.4. The van der Waals surface area contributed by atoms with Crippen LogP contribution in [0.1, 0.15) is 278 Å². The SMILES string of the molecule is CCCCC/C=C\C/C=C\CCCCCCCCCCCCCC(=O)OC(/C=C\CCCCCCCCCCCCC)C(COP(=O)(O)OCC[N+](C)(C)C)NC(=O)CC/C=C/C/C=C\CCCCCCCC. The minimum Gasteiger partial charge on any atom is -0.456 e. The molecule has 9 nitrogen and oxygen atoms in total. The number of phosphoric ester groups is 1. The minimum atomic E-state index is -4.46. The third kappa shape index (κ3) is 54.3. The number of carbonyl (C=O) groups excluding carboxylic acids is 2. The molecule has 0 saturated heterocycles. The summed E-state index contributed by atoms with van der Waals surface area (Å²) in [7, 11) is 1.47. The number of nitrogens with zero attached hydrogens (tertiary/aromatic N) is 1. The number of ether oxygens (including phenoxy) is 1. The van der Waals surface area contributed by atoms with Crippen molar-refractivity contribution >= 4 is 19.7 Å². The molecular formula is C63H118N2O7P+. The van der Waals surface area contributed by atoms with Gasteiger partial charge in [-0.3, -0.25) is 18.6 Å². The van der Waals surface area contributed by atoms with Gasteiger partial charge in [-0.05, 0) is 83.1 Å². The van der Waals surface area contributed by atoms with E-state index < -0.39 is 20.0 Å². The number of esters is 1. The number of likely N-dealkylation sites (N-methyl/N-ethyl adjacent to an activating group) is 1. The Labute approximate surface area is 451 Å². The topological polar surface area (TPSA) is 111 Å². The summed E-state index contributed by atoms with van der Waals surface area (Å²) in [4.78, 5) is 37.6. The summed E-state index contributed by atoms with van der Waals surface area (Å²) in [5, 5.41) is 3.01. The Morgan fingerprint density at radius 3 is 1.29 bits per heavy atom. The van der Waals surface area contributed by atoms with E-state index in [2.05, 4.69) is 68.6 Å². The molecule has 0 aromatic rings. The maximum Gasteiger partial charge on any atom is 0.472 e. The lowest BCUT2D eigenvalue weighted by atomic mass is 10.0. The minimum absolute atomic E-state index is 0.0302. The standard InChI is InChI=1S/C63H117N2O7P/c1-7-10-13-16-19-22-25-28-29-30-31-32-33-34-35-38-41-44-47-50-53-56-63(67)72-61(54-51-48-45-42-39-36-26-23-20-17-14-11-8-2)60(59-71-73(68,69)70-58-57-65(4,5)6)64-62(66)55-52-49-46-43-40-37-27-24-21-18-15-12-9-3/h19,22,28-29,37,40,46,49,51,54,60-61H,7-18,20-21,23-27,30-36,38-39,41-45,47-48,50,52-53,55-59H2,1-6H3,(H-,64,66,68,69)/p+1/b22-19-,29-28-,40-37-,49-46+,54-51-. The quantitative estimate of drug-likeness (QED) is 0.0205. The predicted octanol–water partition coefficient (Wildman–Crippen LogP) is 18.7. The van der Waals surface area contributed by atoms with Crippen LogP contribution in [0.15, 0.2) is 60.8 Å². The van der Waals surface area contributed by atoms with E-state index in [-0.39, 0.29) is 37.9 Å². The Morgan fingerprint density at radius 2 is 0.849 bits per heavy atom. The van der Waals surface area contributed by atoms with E-state index in [1.54, 1.807) is 0 Å². The zero-order chi connectivity index (χ0) is 53.6. The molecule has 0 aliphatic rings. The highest BCUT2D eigenvalue weighted by atomic mass is 31.2. The zero-order valence-corrected chi connectivity index (χ0v) is 49.5. The van der Waals surface area contributed by atoms with E-state index in [9.17, 15) is 19.0 Å². The number of nitrogens with one attached hydrogen (secondary N) is 1. The molecule has 3 unspecified atom stereocenters. The van der Waals surface area contributed by atoms with Crippen molar-refractivity contribution in [2.24, 2.45) is 0 Å². The molecule has 0 fully saturated rings. The van der Waals surface area contributed by atoms with Gasteiger partial charge in [0, 0.05) is 12.8 Å². The van der Waals surface area contributed by atoms with Crippen LogP contribution in [-0.2, 0) is 27.9 Å². The van der Waals surface area contributed by atoms with Crippen LogP contribution in [0.4, 0.5) is 0 Å². The maximum atomic E-state index is 13.5. The average molecular weight is 1050 g/mol. The van der Waals surface area contributed by atoms with E-state index in [0.717, 1.165) is 57.8 Å². The molecule has 0 radical (unpaired) electrons. The lowest BCUT2D eigenvalue weighted by Crippen LogP contribution is -2.47. The lowest BCUT2D eigenvalue weighted by Gasteiger charge is -2.27. The summed E-state index contributed by atoms with van der Waals surface area (Å²) >= 11 is 0. The zero-order valence-electron chi connectivity index (χ0n) is 48.6. The van der Waals surface area contributed by atoms with Crippen molar-refractivity contribution in [2.45, 2.75) is 290 Å². The van der Waals surface area contributed by atoms with Crippen LogP contribution < -0.4 is 5.32 Å². The van der Waals surface area contributed by atoms with E-state index in [1.165, 1.54) is 180 Å². The first-order chi connectivity index (χ1) is 35.4. The largest absolute Gasteiger partial charge is 0.472 e. The average Bonchev–Trinajstić information content (AvgIpc) is 3.35. The van der Waals surface area contributed by atoms with Crippen LogP contribution in [0, 0.1) is 0 Å². The predicted molar refractivity (Wildman–Crippen MR) is 314 cm³/mol.